The summed E-state index contributed by atoms with van der Waals surface area (Å²) in [4.78, 5) is 11.8. The Morgan fingerprint density at radius 1 is 1.61 bits per heavy atom. The SMILES string of the molecule is N#Cc1c(F)cccc1NC(=O)C1CC(O)CN1. The highest BCUT2D eigenvalue weighted by atomic mass is 19.1. The summed E-state index contributed by atoms with van der Waals surface area (Å²) in [6, 6.07) is 5.23. The Morgan fingerprint density at radius 2 is 2.39 bits per heavy atom. The number of anilines is 1. The van der Waals surface area contributed by atoms with Crippen molar-refractivity contribution >= 4 is 11.6 Å². The van der Waals surface area contributed by atoms with E-state index < -0.39 is 18.0 Å². The van der Waals surface area contributed by atoms with Crippen molar-refractivity contribution in [2.75, 3.05) is 11.9 Å². The van der Waals surface area contributed by atoms with Crippen molar-refractivity contribution in [2.45, 2.75) is 18.6 Å². The van der Waals surface area contributed by atoms with E-state index in [1.807, 2.05) is 0 Å². The molecule has 18 heavy (non-hydrogen) atoms. The number of nitriles is 1. The maximum Gasteiger partial charge on any atom is 0.241 e. The third kappa shape index (κ3) is 2.47. The molecule has 2 unspecified atom stereocenters. The fraction of sp³-hybridized carbons (Fsp3) is 0.333. The van der Waals surface area contributed by atoms with Gasteiger partial charge < -0.3 is 15.7 Å². The number of hydrogen-bond acceptors (Lipinski definition) is 4. The van der Waals surface area contributed by atoms with E-state index in [-0.39, 0.29) is 17.2 Å². The van der Waals surface area contributed by atoms with Crippen molar-refractivity contribution in [3.8, 4) is 6.07 Å². The number of carbonyl (C=O) groups excluding carboxylic acids is 1. The molecule has 0 radical (unpaired) electrons. The molecule has 2 rings (SSSR count). The molecule has 6 heteroatoms. The van der Waals surface area contributed by atoms with Crippen LogP contribution in [-0.2, 0) is 4.79 Å². The molecule has 0 bridgehead atoms. The minimum atomic E-state index is -0.672. The van der Waals surface area contributed by atoms with E-state index in [4.69, 9.17) is 5.26 Å². The second-order valence-corrected chi connectivity index (χ2v) is 4.11. The lowest BCUT2D eigenvalue weighted by Gasteiger charge is -2.12. The first-order chi connectivity index (χ1) is 8.61. The van der Waals surface area contributed by atoms with E-state index >= 15 is 0 Å². The minimum Gasteiger partial charge on any atom is -0.392 e. The normalized spacial score (nSPS) is 22.5. The zero-order chi connectivity index (χ0) is 13.1. The Bertz CT molecular complexity index is 513. The molecule has 1 fully saturated rings. The molecule has 1 aliphatic rings. The van der Waals surface area contributed by atoms with Gasteiger partial charge in [0.15, 0.2) is 0 Å². The van der Waals surface area contributed by atoms with Gasteiger partial charge in [0.2, 0.25) is 5.91 Å². The van der Waals surface area contributed by atoms with Gasteiger partial charge in [-0.3, -0.25) is 4.79 Å². The number of amides is 1. The van der Waals surface area contributed by atoms with Crippen LogP contribution >= 0.6 is 0 Å². The molecule has 0 aromatic heterocycles. The van der Waals surface area contributed by atoms with Gasteiger partial charge in [0.25, 0.3) is 0 Å². The summed E-state index contributed by atoms with van der Waals surface area (Å²) in [6.07, 6.45) is -0.244. The zero-order valence-corrected chi connectivity index (χ0v) is 9.48. The molecule has 0 saturated carbocycles. The largest absolute Gasteiger partial charge is 0.392 e. The van der Waals surface area contributed by atoms with Crippen LogP contribution in [0.15, 0.2) is 18.2 Å². The Hall–Kier alpha value is -1.97. The Balaban J connectivity index is 2.13. The lowest BCUT2D eigenvalue weighted by molar-refractivity contribution is -0.117. The van der Waals surface area contributed by atoms with Crippen LogP contribution in [-0.4, -0.2) is 29.7 Å². The fourth-order valence-corrected chi connectivity index (χ4v) is 1.88. The Labute approximate surface area is 103 Å². The van der Waals surface area contributed by atoms with Crippen molar-refractivity contribution < 1.29 is 14.3 Å². The number of β-amino-alcohol motifs (C(OH)–C–C–N with tert-alkyl or cyclic N) is 1. The molecule has 1 aliphatic heterocycles. The Kier molecular flexibility index (Phi) is 3.55. The highest BCUT2D eigenvalue weighted by molar-refractivity contribution is 5.96. The molecule has 0 spiro atoms. The van der Waals surface area contributed by atoms with E-state index in [0.717, 1.165) is 6.07 Å². The number of hydrogen-bond donors (Lipinski definition) is 3. The molecule has 0 aliphatic carbocycles. The smallest absolute Gasteiger partial charge is 0.241 e. The first kappa shape index (κ1) is 12.5. The molecular weight excluding hydrogens is 237 g/mol. The first-order valence-corrected chi connectivity index (χ1v) is 5.52. The average Bonchev–Trinajstić information content (AvgIpc) is 2.76. The lowest BCUT2D eigenvalue weighted by atomic mass is 10.1. The number of carbonyl (C=O) groups is 1. The van der Waals surface area contributed by atoms with Gasteiger partial charge in [-0.25, -0.2) is 4.39 Å². The highest BCUT2D eigenvalue weighted by Gasteiger charge is 2.28. The third-order valence-corrected chi connectivity index (χ3v) is 2.81. The van der Waals surface area contributed by atoms with Gasteiger partial charge in [-0.2, -0.15) is 5.26 Å². The third-order valence-electron chi connectivity index (χ3n) is 2.81. The summed E-state index contributed by atoms with van der Waals surface area (Å²) in [5.74, 6) is -1.05. The van der Waals surface area contributed by atoms with E-state index in [0.29, 0.717) is 13.0 Å². The number of benzene rings is 1. The second kappa shape index (κ2) is 5.12. The summed E-state index contributed by atoms with van der Waals surface area (Å²) in [7, 11) is 0. The summed E-state index contributed by atoms with van der Waals surface area (Å²) in [5, 5.41) is 23.5. The van der Waals surface area contributed by atoms with Crippen LogP contribution < -0.4 is 10.6 Å². The molecule has 1 aromatic rings. The lowest BCUT2D eigenvalue weighted by Crippen LogP contribution is -2.35. The van der Waals surface area contributed by atoms with Crippen LogP contribution in [0.1, 0.15) is 12.0 Å². The van der Waals surface area contributed by atoms with Gasteiger partial charge in [0.1, 0.15) is 17.4 Å². The molecule has 1 amide bonds. The molecule has 94 valence electrons. The standard InChI is InChI=1S/C12H12FN3O2/c13-9-2-1-3-10(8(9)5-14)16-12(18)11-4-7(17)6-15-11/h1-3,7,11,15,17H,4,6H2,(H,16,18). The van der Waals surface area contributed by atoms with Gasteiger partial charge in [0.05, 0.1) is 17.8 Å². The summed E-state index contributed by atoms with van der Waals surface area (Å²) in [5.41, 5.74) is -0.0462. The van der Waals surface area contributed by atoms with Gasteiger partial charge >= 0.3 is 0 Å². The topological polar surface area (TPSA) is 85.2 Å². The maximum absolute atomic E-state index is 13.3. The van der Waals surface area contributed by atoms with Crippen molar-refractivity contribution in [2.24, 2.45) is 0 Å². The number of nitrogens with one attached hydrogen (secondary N) is 2. The van der Waals surface area contributed by atoms with Crippen molar-refractivity contribution in [1.82, 2.24) is 5.32 Å². The molecule has 1 aromatic carbocycles. The predicted molar refractivity (Wildman–Crippen MR) is 62.2 cm³/mol. The van der Waals surface area contributed by atoms with Gasteiger partial charge in [-0.05, 0) is 18.6 Å². The molecular formula is C12H12FN3O2. The number of nitrogens with zero attached hydrogens (tertiary/aromatic N) is 1. The first-order valence-electron chi connectivity index (χ1n) is 5.52. The van der Waals surface area contributed by atoms with Gasteiger partial charge in [0, 0.05) is 6.54 Å². The monoisotopic (exact) mass is 249 g/mol. The number of halogens is 1. The van der Waals surface area contributed by atoms with Gasteiger partial charge in [-0.15, -0.1) is 0 Å². The fourth-order valence-electron chi connectivity index (χ4n) is 1.88. The zero-order valence-electron chi connectivity index (χ0n) is 9.48. The van der Waals surface area contributed by atoms with Crippen molar-refractivity contribution in [3.05, 3.63) is 29.6 Å². The number of aliphatic hydroxyl groups excluding tert-OH is 1. The molecule has 5 nitrogen and oxygen atoms in total. The number of rotatable bonds is 2. The van der Waals surface area contributed by atoms with Crippen LogP contribution in [0, 0.1) is 17.1 Å². The molecule has 1 saturated heterocycles. The van der Waals surface area contributed by atoms with E-state index in [1.165, 1.54) is 12.1 Å². The Morgan fingerprint density at radius 3 is 3.00 bits per heavy atom. The van der Waals surface area contributed by atoms with E-state index in [1.54, 1.807) is 6.07 Å². The maximum atomic E-state index is 13.3. The van der Waals surface area contributed by atoms with Crippen LogP contribution in [0.4, 0.5) is 10.1 Å². The van der Waals surface area contributed by atoms with E-state index in [2.05, 4.69) is 10.6 Å². The molecule has 3 N–H and O–H groups in total. The summed E-state index contributed by atoms with van der Waals surface area (Å²) < 4.78 is 13.3. The van der Waals surface area contributed by atoms with Crippen LogP contribution in [0.2, 0.25) is 0 Å². The van der Waals surface area contributed by atoms with Crippen molar-refractivity contribution in [1.29, 1.82) is 5.26 Å². The quantitative estimate of drug-likeness (QED) is 0.706. The van der Waals surface area contributed by atoms with Crippen LogP contribution in [0.5, 0.6) is 0 Å². The average molecular weight is 249 g/mol. The van der Waals surface area contributed by atoms with Gasteiger partial charge in [-0.1, -0.05) is 6.07 Å². The van der Waals surface area contributed by atoms with Crippen LogP contribution in [0.3, 0.4) is 0 Å². The minimum absolute atomic E-state index is 0.144. The highest BCUT2D eigenvalue weighted by Crippen LogP contribution is 2.18. The number of aliphatic hydroxyl groups is 1. The summed E-state index contributed by atoms with van der Waals surface area (Å²) >= 11 is 0. The van der Waals surface area contributed by atoms with E-state index in [9.17, 15) is 14.3 Å². The predicted octanol–water partition coefficient (Wildman–Crippen LogP) is 0.359. The summed E-state index contributed by atoms with van der Waals surface area (Å²) in [6.45, 7) is 0.354. The van der Waals surface area contributed by atoms with Crippen molar-refractivity contribution in [3.63, 3.8) is 0 Å². The molecule has 2 atom stereocenters. The molecule has 1 heterocycles. The van der Waals surface area contributed by atoms with Crippen LogP contribution in [0.25, 0.3) is 0 Å². The second-order valence-electron chi connectivity index (χ2n) is 4.11.